The molecule has 1 rings (SSSR count). The van der Waals surface area contributed by atoms with Gasteiger partial charge in [0.25, 0.3) is 0 Å². The van der Waals surface area contributed by atoms with E-state index in [1.165, 1.54) is 0 Å². The van der Waals surface area contributed by atoms with Crippen molar-refractivity contribution in [3.05, 3.63) is 10.8 Å². The third kappa shape index (κ3) is 2.25. The molecular formula is C10H15ClO2. The maximum absolute atomic E-state index is 11.3. The Bertz CT molecular complexity index is 261. The largest absolute Gasteiger partial charge is 0.504 e. The number of carbonyl (C=O) groups excluding carboxylic acids is 1. The van der Waals surface area contributed by atoms with Gasteiger partial charge in [-0.15, -0.1) is 0 Å². The van der Waals surface area contributed by atoms with Crippen molar-refractivity contribution in [3.8, 4) is 0 Å². The van der Waals surface area contributed by atoms with Crippen LogP contribution in [0.2, 0.25) is 0 Å². The van der Waals surface area contributed by atoms with Crippen LogP contribution in [0.25, 0.3) is 0 Å². The Morgan fingerprint density at radius 3 is 2.31 bits per heavy atom. The van der Waals surface area contributed by atoms with Gasteiger partial charge in [-0.3, -0.25) is 4.79 Å². The second-order valence-corrected chi connectivity index (χ2v) is 5.10. The lowest BCUT2D eigenvalue weighted by molar-refractivity contribution is -0.120. The highest BCUT2D eigenvalue weighted by molar-refractivity contribution is 6.32. The molecule has 0 saturated carbocycles. The molecule has 1 N–H and O–H groups in total. The Morgan fingerprint density at radius 2 is 1.92 bits per heavy atom. The molecule has 1 aliphatic rings. The van der Waals surface area contributed by atoms with Crippen LogP contribution in [0.4, 0.5) is 0 Å². The first kappa shape index (κ1) is 10.6. The molecule has 0 aromatic carbocycles. The fraction of sp³-hybridized carbons (Fsp3) is 0.700. The molecule has 74 valence electrons. The lowest BCUT2D eigenvalue weighted by atomic mass is 9.74. The fourth-order valence-electron chi connectivity index (χ4n) is 1.47. The van der Waals surface area contributed by atoms with Crippen molar-refractivity contribution in [1.29, 1.82) is 0 Å². The standard InChI is InChI=1S/C10H15ClO2/c1-10(2,3)6-4-7(11)9(13)8(12)5-6/h6,13H,4-5H2,1-3H3. The van der Waals surface area contributed by atoms with Gasteiger partial charge in [0.2, 0.25) is 0 Å². The normalized spacial score (nSPS) is 25.2. The van der Waals surface area contributed by atoms with Crippen LogP contribution in [0.3, 0.4) is 0 Å². The molecule has 1 aliphatic carbocycles. The summed E-state index contributed by atoms with van der Waals surface area (Å²) in [7, 11) is 0. The number of Topliss-reactive ketones (excluding diaryl/α,β-unsaturated/α-hetero) is 1. The maximum atomic E-state index is 11.3. The van der Waals surface area contributed by atoms with Gasteiger partial charge in [0, 0.05) is 6.42 Å². The highest BCUT2D eigenvalue weighted by Crippen LogP contribution is 2.39. The van der Waals surface area contributed by atoms with Crippen LogP contribution in [0.1, 0.15) is 33.6 Å². The molecule has 1 atom stereocenters. The van der Waals surface area contributed by atoms with E-state index < -0.39 is 0 Å². The summed E-state index contributed by atoms with van der Waals surface area (Å²) in [4.78, 5) is 11.3. The summed E-state index contributed by atoms with van der Waals surface area (Å²) in [6, 6.07) is 0. The van der Waals surface area contributed by atoms with E-state index in [-0.39, 0.29) is 22.9 Å². The molecule has 0 heterocycles. The van der Waals surface area contributed by atoms with Gasteiger partial charge in [0.1, 0.15) is 0 Å². The summed E-state index contributed by atoms with van der Waals surface area (Å²) in [6.45, 7) is 6.24. The van der Waals surface area contributed by atoms with Gasteiger partial charge < -0.3 is 5.11 Å². The zero-order valence-electron chi connectivity index (χ0n) is 8.22. The number of hydrogen-bond acceptors (Lipinski definition) is 2. The number of allylic oxidation sites excluding steroid dienone is 2. The van der Waals surface area contributed by atoms with Crippen molar-refractivity contribution in [2.45, 2.75) is 33.6 Å². The minimum absolute atomic E-state index is 0.0660. The van der Waals surface area contributed by atoms with Gasteiger partial charge in [-0.25, -0.2) is 0 Å². The quantitative estimate of drug-likeness (QED) is 0.656. The van der Waals surface area contributed by atoms with Gasteiger partial charge in [-0.05, 0) is 17.8 Å². The highest BCUT2D eigenvalue weighted by atomic mass is 35.5. The smallest absolute Gasteiger partial charge is 0.198 e. The number of aliphatic hydroxyl groups excluding tert-OH is 1. The number of hydrogen-bond donors (Lipinski definition) is 1. The number of ketones is 1. The summed E-state index contributed by atoms with van der Waals surface area (Å²) in [5, 5.41) is 9.54. The van der Waals surface area contributed by atoms with E-state index in [1.807, 2.05) is 0 Å². The SMILES string of the molecule is CC(C)(C)C1CC(=O)C(O)=C(Cl)C1. The summed E-state index contributed by atoms with van der Waals surface area (Å²) >= 11 is 5.77. The highest BCUT2D eigenvalue weighted by Gasteiger charge is 2.33. The molecule has 0 aromatic rings. The van der Waals surface area contributed by atoms with E-state index in [1.54, 1.807) is 0 Å². The number of halogens is 1. The minimum atomic E-state index is -0.234. The first-order chi connectivity index (χ1) is 5.82. The van der Waals surface area contributed by atoms with E-state index in [9.17, 15) is 9.90 Å². The van der Waals surface area contributed by atoms with Gasteiger partial charge >= 0.3 is 0 Å². The Labute approximate surface area is 83.6 Å². The van der Waals surface area contributed by atoms with E-state index >= 15 is 0 Å². The molecule has 2 nitrogen and oxygen atoms in total. The summed E-state index contributed by atoms with van der Waals surface area (Å²) in [5.74, 6) is -0.221. The van der Waals surface area contributed by atoms with Crippen molar-refractivity contribution in [2.24, 2.45) is 11.3 Å². The molecule has 0 aromatic heterocycles. The predicted molar refractivity (Wildman–Crippen MR) is 52.7 cm³/mol. The Balaban J connectivity index is 2.86. The first-order valence-electron chi connectivity index (χ1n) is 4.43. The van der Waals surface area contributed by atoms with Crippen LogP contribution in [-0.4, -0.2) is 10.9 Å². The molecular weight excluding hydrogens is 188 g/mol. The van der Waals surface area contributed by atoms with Crippen LogP contribution >= 0.6 is 11.6 Å². The fourth-order valence-corrected chi connectivity index (χ4v) is 1.76. The molecule has 0 radical (unpaired) electrons. The van der Waals surface area contributed by atoms with Crippen molar-refractivity contribution in [2.75, 3.05) is 0 Å². The maximum Gasteiger partial charge on any atom is 0.198 e. The van der Waals surface area contributed by atoms with Crippen molar-refractivity contribution >= 4 is 17.4 Å². The van der Waals surface area contributed by atoms with Crippen molar-refractivity contribution in [3.63, 3.8) is 0 Å². The summed E-state index contributed by atoms with van der Waals surface area (Å²) in [6.07, 6.45) is 1.02. The predicted octanol–water partition coefficient (Wildman–Crippen LogP) is 3.02. The zero-order chi connectivity index (χ0) is 10.2. The molecule has 0 aliphatic heterocycles. The number of aliphatic hydroxyl groups is 1. The monoisotopic (exact) mass is 202 g/mol. The average Bonchev–Trinajstić information content (AvgIpc) is 1.97. The molecule has 0 spiro atoms. The van der Waals surface area contributed by atoms with Crippen LogP contribution in [-0.2, 0) is 4.79 Å². The Hall–Kier alpha value is -0.500. The Morgan fingerprint density at radius 1 is 1.38 bits per heavy atom. The molecule has 13 heavy (non-hydrogen) atoms. The number of rotatable bonds is 0. The molecule has 0 fully saturated rings. The topological polar surface area (TPSA) is 37.3 Å². The second-order valence-electron chi connectivity index (χ2n) is 4.65. The average molecular weight is 203 g/mol. The first-order valence-corrected chi connectivity index (χ1v) is 4.81. The molecule has 0 amide bonds. The number of carbonyl (C=O) groups is 1. The third-order valence-corrected chi connectivity index (χ3v) is 2.94. The van der Waals surface area contributed by atoms with E-state index in [2.05, 4.69) is 20.8 Å². The molecule has 0 saturated heterocycles. The van der Waals surface area contributed by atoms with E-state index in [0.717, 1.165) is 0 Å². The van der Waals surface area contributed by atoms with Crippen LogP contribution < -0.4 is 0 Å². The second kappa shape index (κ2) is 3.33. The third-order valence-electron chi connectivity index (χ3n) is 2.60. The van der Waals surface area contributed by atoms with E-state index in [0.29, 0.717) is 17.9 Å². The molecule has 3 heteroatoms. The zero-order valence-corrected chi connectivity index (χ0v) is 8.98. The van der Waals surface area contributed by atoms with Gasteiger partial charge in [-0.2, -0.15) is 0 Å². The van der Waals surface area contributed by atoms with Crippen LogP contribution in [0, 0.1) is 11.3 Å². The van der Waals surface area contributed by atoms with Crippen LogP contribution in [0.5, 0.6) is 0 Å². The van der Waals surface area contributed by atoms with Gasteiger partial charge in [-0.1, -0.05) is 32.4 Å². The Kier molecular flexibility index (Phi) is 2.71. The lowest BCUT2D eigenvalue weighted by Crippen LogP contribution is -2.28. The van der Waals surface area contributed by atoms with E-state index in [4.69, 9.17) is 11.6 Å². The van der Waals surface area contributed by atoms with Crippen molar-refractivity contribution in [1.82, 2.24) is 0 Å². The summed E-state index contributed by atoms with van der Waals surface area (Å²) < 4.78 is 0. The van der Waals surface area contributed by atoms with Crippen molar-refractivity contribution < 1.29 is 9.90 Å². The summed E-state index contributed by atoms with van der Waals surface area (Å²) in [5.41, 5.74) is 0.0660. The van der Waals surface area contributed by atoms with Crippen LogP contribution in [0.15, 0.2) is 10.8 Å². The molecule has 0 bridgehead atoms. The lowest BCUT2D eigenvalue weighted by Gasteiger charge is -2.32. The molecule has 1 unspecified atom stereocenters. The van der Waals surface area contributed by atoms with Gasteiger partial charge in [0.15, 0.2) is 11.5 Å². The minimum Gasteiger partial charge on any atom is -0.504 e. The van der Waals surface area contributed by atoms with Gasteiger partial charge in [0.05, 0.1) is 5.03 Å².